The topological polar surface area (TPSA) is 38.3 Å². The standard InChI is InChI=1S/C12H25NO2/c1-5-6-7-8-11(12(14)15-4)13-9-10(2)3/h10-11,13H,5-9H2,1-4H3. The smallest absolute Gasteiger partial charge is 0.322 e. The van der Waals surface area contributed by atoms with Crippen LogP contribution in [-0.2, 0) is 9.53 Å². The first-order valence-electron chi connectivity index (χ1n) is 5.93. The summed E-state index contributed by atoms with van der Waals surface area (Å²) >= 11 is 0. The quantitative estimate of drug-likeness (QED) is 0.499. The van der Waals surface area contributed by atoms with Crippen molar-refractivity contribution in [1.82, 2.24) is 5.32 Å². The molecule has 0 heterocycles. The molecule has 15 heavy (non-hydrogen) atoms. The van der Waals surface area contributed by atoms with Gasteiger partial charge in [0.2, 0.25) is 0 Å². The molecule has 0 aromatic rings. The fourth-order valence-corrected chi connectivity index (χ4v) is 1.42. The van der Waals surface area contributed by atoms with Gasteiger partial charge in [-0.3, -0.25) is 4.79 Å². The number of ether oxygens (including phenoxy) is 1. The Kier molecular flexibility index (Phi) is 8.38. The van der Waals surface area contributed by atoms with E-state index in [4.69, 9.17) is 4.74 Å². The first-order valence-corrected chi connectivity index (χ1v) is 5.93. The summed E-state index contributed by atoms with van der Waals surface area (Å²) in [5.41, 5.74) is 0. The summed E-state index contributed by atoms with van der Waals surface area (Å²) in [5, 5.41) is 3.25. The third kappa shape index (κ3) is 7.37. The summed E-state index contributed by atoms with van der Waals surface area (Å²) in [5.74, 6) is 0.426. The van der Waals surface area contributed by atoms with Crippen molar-refractivity contribution in [2.24, 2.45) is 5.92 Å². The van der Waals surface area contributed by atoms with Crippen molar-refractivity contribution in [2.75, 3.05) is 13.7 Å². The minimum Gasteiger partial charge on any atom is -0.468 e. The first-order chi connectivity index (χ1) is 7.11. The number of methoxy groups -OCH3 is 1. The van der Waals surface area contributed by atoms with Gasteiger partial charge in [-0.1, -0.05) is 40.0 Å². The van der Waals surface area contributed by atoms with Crippen LogP contribution in [-0.4, -0.2) is 25.7 Å². The Bertz CT molecular complexity index is 169. The maximum absolute atomic E-state index is 11.4. The molecule has 0 bridgehead atoms. The molecule has 0 fully saturated rings. The van der Waals surface area contributed by atoms with E-state index in [-0.39, 0.29) is 12.0 Å². The van der Waals surface area contributed by atoms with Crippen molar-refractivity contribution >= 4 is 5.97 Å². The Balaban J connectivity index is 3.89. The largest absolute Gasteiger partial charge is 0.468 e. The molecule has 0 saturated carbocycles. The summed E-state index contributed by atoms with van der Waals surface area (Å²) in [6.45, 7) is 7.29. The van der Waals surface area contributed by atoms with E-state index in [9.17, 15) is 4.79 Å². The molecule has 0 rings (SSSR count). The van der Waals surface area contributed by atoms with E-state index in [2.05, 4.69) is 26.1 Å². The maximum Gasteiger partial charge on any atom is 0.322 e. The van der Waals surface area contributed by atoms with E-state index >= 15 is 0 Å². The predicted molar refractivity (Wildman–Crippen MR) is 62.8 cm³/mol. The molecule has 1 unspecified atom stereocenters. The molecular weight excluding hydrogens is 190 g/mol. The van der Waals surface area contributed by atoms with E-state index < -0.39 is 0 Å². The number of carbonyl (C=O) groups excluding carboxylic acids is 1. The normalized spacial score (nSPS) is 12.9. The lowest BCUT2D eigenvalue weighted by molar-refractivity contribution is -0.143. The SMILES string of the molecule is CCCCCC(NCC(C)C)C(=O)OC. The molecule has 0 spiro atoms. The number of hydrogen-bond donors (Lipinski definition) is 1. The second kappa shape index (κ2) is 8.72. The van der Waals surface area contributed by atoms with Crippen LogP contribution in [0.1, 0.15) is 46.5 Å². The molecule has 90 valence electrons. The van der Waals surface area contributed by atoms with Gasteiger partial charge in [0.05, 0.1) is 7.11 Å². The number of unbranched alkanes of at least 4 members (excludes halogenated alkanes) is 2. The van der Waals surface area contributed by atoms with Gasteiger partial charge in [-0.2, -0.15) is 0 Å². The molecule has 0 aliphatic carbocycles. The van der Waals surface area contributed by atoms with Gasteiger partial charge in [0, 0.05) is 0 Å². The lowest BCUT2D eigenvalue weighted by Gasteiger charge is -2.17. The number of rotatable bonds is 8. The van der Waals surface area contributed by atoms with Crippen LogP contribution in [0.15, 0.2) is 0 Å². The average Bonchev–Trinajstić information content (AvgIpc) is 2.21. The Hall–Kier alpha value is -0.570. The minimum atomic E-state index is -0.133. The van der Waals surface area contributed by atoms with Gasteiger partial charge in [-0.15, -0.1) is 0 Å². The van der Waals surface area contributed by atoms with Crippen LogP contribution in [0.3, 0.4) is 0 Å². The van der Waals surface area contributed by atoms with Crippen LogP contribution in [0.4, 0.5) is 0 Å². The summed E-state index contributed by atoms with van der Waals surface area (Å²) in [7, 11) is 1.45. The highest BCUT2D eigenvalue weighted by molar-refractivity contribution is 5.75. The lowest BCUT2D eigenvalue weighted by Crippen LogP contribution is -2.39. The fourth-order valence-electron chi connectivity index (χ4n) is 1.42. The van der Waals surface area contributed by atoms with E-state index in [0.717, 1.165) is 19.4 Å². The highest BCUT2D eigenvalue weighted by Gasteiger charge is 2.17. The van der Waals surface area contributed by atoms with Crippen molar-refractivity contribution in [3.63, 3.8) is 0 Å². The first kappa shape index (κ1) is 14.4. The van der Waals surface area contributed by atoms with Crippen LogP contribution >= 0.6 is 0 Å². The van der Waals surface area contributed by atoms with E-state index in [1.165, 1.54) is 20.0 Å². The highest BCUT2D eigenvalue weighted by Crippen LogP contribution is 2.05. The lowest BCUT2D eigenvalue weighted by atomic mass is 10.1. The molecule has 0 aromatic carbocycles. The van der Waals surface area contributed by atoms with Crippen LogP contribution in [0.2, 0.25) is 0 Å². The molecule has 3 nitrogen and oxygen atoms in total. The zero-order valence-corrected chi connectivity index (χ0v) is 10.5. The Morgan fingerprint density at radius 3 is 2.47 bits per heavy atom. The maximum atomic E-state index is 11.4. The van der Waals surface area contributed by atoms with Gasteiger partial charge in [0.15, 0.2) is 0 Å². The van der Waals surface area contributed by atoms with Gasteiger partial charge in [0.25, 0.3) is 0 Å². The number of esters is 1. The minimum absolute atomic E-state index is 0.121. The number of carbonyl (C=O) groups is 1. The number of nitrogens with one attached hydrogen (secondary N) is 1. The van der Waals surface area contributed by atoms with Crippen molar-refractivity contribution in [3.8, 4) is 0 Å². The molecule has 1 N–H and O–H groups in total. The summed E-state index contributed by atoms with van der Waals surface area (Å²) in [4.78, 5) is 11.4. The third-order valence-electron chi connectivity index (χ3n) is 2.35. The zero-order chi connectivity index (χ0) is 11.7. The molecule has 0 radical (unpaired) electrons. The molecule has 0 saturated heterocycles. The fraction of sp³-hybridized carbons (Fsp3) is 0.917. The second-order valence-electron chi connectivity index (χ2n) is 4.37. The molecule has 0 aliphatic heterocycles. The van der Waals surface area contributed by atoms with Crippen molar-refractivity contribution in [1.29, 1.82) is 0 Å². The van der Waals surface area contributed by atoms with Gasteiger partial charge < -0.3 is 10.1 Å². The van der Waals surface area contributed by atoms with Gasteiger partial charge in [0.1, 0.15) is 6.04 Å². The molecule has 0 aliphatic rings. The van der Waals surface area contributed by atoms with Gasteiger partial charge >= 0.3 is 5.97 Å². The van der Waals surface area contributed by atoms with Crippen LogP contribution in [0, 0.1) is 5.92 Å². The average molecular weight is 215 g/mol. The Labute approximate surface area is 93.6 Å². The van der Waals surface area contributed by atoms with Crippen molar-refractivity contribution < 1.29 is 9.53 Å². The van der Waals surface area contributed by atoms with Crippen LogP contribution < -0.4 is 5.32 Å². The van der Waals surface area contributed by atoms with Crippen LogP contribution in [0.25, 0.3) is 0 Å². The summed E-state index contributed by atoms with van der Waals surface area (Å²) < 4.78 is 4.77. The van der Waals surface area contributed by atoms with E-state index in [1.807, 2.05) is 0 Å². The molecule has 0 amide bonds. The zero-order valence-electron chi connectivity index (χ0n) is 10.5. The number of hydrogen-bond acceptors (Lipinski definition) is 3. The highest BCUT2D eigenvalue weighted by atomic mass is 16.5. The molecular formula is C12H25NO2. The molecule has 0 aromatic heterocycles. The Morgan fingerprint density at radius 2 is 2.00 bits per heavy atom. The monoisotopic (exact) mass is 215 g/mol. The predicted octanol–water partition coefficient (Wildman–Crippen LogP) is 2.35. The summed E-state index contributed by atoms with van der Waals surface area (Å²) in [6.07, 6.45) is 4.32. The Morgan fingerprint density at radius 1 is 1.33 bits per heavy atom. The van der Waals surface area contributed by atoms with Gasteiger partial charge in [-0.25, -0.2) is 0 Å². The molecule has 3 heteroatoms. The van der Waals surface area contributed by atoms with Gasteiger partial charge in [-0.05, 0) is 18.9 Å². The van der Waals surface area contributed by atoms with Crippen LogP contribution in [0.5, 0.6) is 0 Å². The molecule has 1 atom stereocenters. The summed E-state index contributed by atoms with van der Waals surface area (Å²) in [6, 6.07) is -0.121. The van der Waals surface area contributed by atoms with Crippen molar-refractivity contribution in [2.45, 2.75) is 52.5 Å². The second-order valence-corrected chi connectivity index (χ2v) is 4.37. The third-order valence-corrected chi connectivity index (χ3v) is 2.35. The van der Waals surface area contributed by atoms with Crippen molar-refractivity contribution in [3.05, 3.63) is 0 Å². The van der Waals surface area contributed by atoms with E-state index in [0.29, 0.717) is 5.92 Å². The van der Waals surface area contributed by atoms with E-state index in [1.54, 1.807) is 0 Å².